The summed E-state index contributed by atoms with van der Waals surface area (Å²) in [5, 5.41) is 0. The van der Waals surface area contributed by atoms with Crippen molar-refractivity contribution in [3.63, 3.8) is 0 Å². The van der Waals surface area contributed by atoms with E-state index in [2.05, 4.69) is 89.5 Å². The van der Waals surface area contributed by atoms with E-state index in [4.69, 9.17) is 0 Å². The number of amides is 1. The predicted octanol–water partition coefficient (Wildman–Crippen LogP) is 7.05. The van der Waals surface area contributed by atoms with Gasteiger partial charge in [0.15, 0.2) is 0 Å². The predicted molar refractivity (Wildman–Crippen MR) is 143 cm³/mol. The molecule has 0 bridgehead atoms. The fourth-order valence-electron chi connectivity index (χ4n) is 4.04. The van der Waals surface area contributed by atoms with Gasteiger partial charge in [-0.15, -0.1) is 0 Å². The van der Waals surface area contributed by atoms with Gasteiger partial charge in [-0.1, -0.05) is 85.8 Å². The number of aryl methyl sites for hydroxylation is 1. The van der Waals surface area contributed by atoms with Gasteiger partial charge in [-0.05, 0) is 69.3 Å². The number of nitrogens with zero attached hydrogens (tertiary/aromatic N) is 2. The first kappa shape index (κ1) is 28.4. The molecular formula is C28H43BrN2O. The van der Waals surface area contributed by atoms with Gasteiger partial charge < -0.3 is 4.90 Å². The first-order valence-corrected chi connectivity index (χ1v) is 13.0. The van der Waals surface area contributed by atoms with Crippen LogP contribution in [0.2, 0.25) is 0 Å². The summed E-state index contributed by atoms with van der Waals surface area (Å²) >= 11 is 3.46. The zero-order valence-electron chi connectivity index (χ0n) is 20.7. The van der Waals surface area contributed by atoms with Crippen molar-refractivity contribution >= 4 is 21.8 Å². The van der Waals surface area contributed by atoms with Gasteiger partial charge in [0.2, 0.25) is 5.91 Å². The van der Waals surface area contributed by atoms with E-state index >= 15 is 0 Å². The molecule has 1 fully saturated rings. The summed E-state index contributed by atoms with van der Waals surface area (Å²) in [5.74, 6) is 0.599. The fourth-order valence-corrected chi connectivity index (χ4v) is 4.60. The standard InChI is InChI=1S/C20H34N2O.C8H9Br/c1-5-9-18(10-6-2)17-21-15-11-19(12-16-21)20(23)22(13-7-3)14-8-4;1-2-7-5-3-4-6-8(7)9/h5-6,9-10,19H,1,7-8,11-17H2,2-4H3;3-6H,2H2,1H3/b10-6-,18-9+;. The molecule has 3 nitrogen and oxygen atoms in total. The van der Waals surface area contributed by atoms with Gasteiger partial charge in [0, 0.05) is 30.0 Å². The lowest BCUT2D eigenvalue weighted by Crippen LogP contribution is -2.43. The van der Waals surface area contributed by atoms with Gasteiger partial charge in [0.1, 0.15) is 0 Å². The van der Waals surface area contributed by atoms with Crippen LogP contribution in [0.3, 0.4) is 0 Å². The summed E-state index contributed by atoms with van der Waals surface area (Å²) < 4.78 is 1.22. The lowest BCUT2D eigenvalue weighted by Gasteiger charge is -2.34. The van der Waals surface area contributed by atoms with E-state index in [9.17, 15) is 4.79 Å². The number of benzene rings is 1. The van der Waals surface area contributed by atoms with Gasteiger partial charge in [0.05, 0.1) is 0 Å². The van der Waals surface area contributed by atoms with Crippen LogP contribution in [0.25, 0.3) is 0 Å². The molecule has 2 rings (SSSR count). The second-order valence-corrected chi connectivity index (χ2v) is 9.15. The number of hydrogen-bond acceptors (Lipinski definition) is 2. The summed E-state index contributed by atoms with van der Waals surface area (Å²) in [6.07, 6.45) is 13.3. The van der Waals surface area contributed by atoms with Crippen LogP contribution in [-0.4, -0.2) is 48.4 Å². The van der Waals surface area contributed by atoms with Crippen LogP contribution in [0.4, 0.5) is 0 Å². The SMILES string of the molecule is C=C/C=C(\C=C/C)CN1CCC(C(=O)N(CCC)CCC)CC1.CCc1ccccc1Br. The minimum Gasteiger partial charge on any atom is -0.342 e. The monoisotopic (exact) mass is 502 g/mol. The van der Waals surface area contributed by atoms with Crippen molar-refractivity contribution in [3.8, 4) is 0 Å². The number of carbonyl (C=O) groups excluding carboxylic acids is 1. The Kier molecular flexibility index (Phi) is 15.0. The molecule has 1 aliphatic rings. The third-order valence-corrected chi connectivity index (χ3v) is 6.47. The average Bonchev–Trinajstić information content (AvgIpc) is 2.80. The highest BCUT2D eigenvalue weighted by Crippen LogP contribution is 2.21. The second-order valence-electron chi connectivity index (χ2n) is 8.30. The van der Waals surface area contributed by atoms with Crippen LogP contribution in [0.1, 0.15) is 58.9 Å². The topological polar surface area (TPSA) is 23.6 Å². The summed E-state index contributed by atoms with van der Waals surface area (Å²) in [6, 6.07) is 8.29. The van der Waals surface area contributed by atoms with Gasteiger partial charge in [-0.3, -0.25) is 9.69 Å². The Hall–Kier alpha value is -1.65. The molecule has 4 heteroatoms. The maximum absolute atomic E-state index is 12.7. The Bertz CT molecular complexity index is 727. The molecule has 32 heavy (non-hydrogen) atoms. The Morgan fingerprint density at radius 3 is 2.25 bits per heavy atom. The number of hydrogen-bond donors (Lipinski definition) is 0. The van der Waals surface area contributed by atoms with E-state index in [0.29, 0.717) is 5.91 Å². The van der Waals surface area contributed by atoms with Crippen LogP contribution in [0.15, 0.2) is 65.2 Å². The normalized spacial score (nSPS) is 15.3. The molecule has 0 aromatic heterocycles. The van der Waals surface area contributed by atoms with E-state index < -0.39 is 0 Å². The number of rotatable bonds is 10. The van der Waals surface area contributed by atoms with E-state index in [1.54, 1.807) is 0 Å². The molecule has 1 aliphatic heterocycles. The smallest absolute Gasteiger partial charge is 0.225 e. The fraction of sp³-hybridized carbons (Fsp3) is 0.536. The Labute approximate surface area is 205 Å². The summed E-state index contributed by atoms with van der Waals surface area (Å²) in [7, 11) is 0. The van der Waals surface area contributed by atoms with Gasteiger partial charge in [0.25, 0.3) is 0 Å². The maximum Gasteiger partial charge on any atom is 0.225 e. The summed E-state index contributed by atoms with van der Waals surface area (Å²) in [5.41, 5.74) is 2.66. The van der Waals surface area contributed by atoms with E-state index in [0.717, 1.165) is 64.8 Å². The van der Waals surface area contributed by atoms with Crippen molar-refractivity contribution in [3.05, 3.63) is 70.8 Å². The van der Waals surface area contributed by atoms with E-state index in [-0.39, 0.29) is 5.92 Å². The molecule has 0 spiro atoms. The molecular weight excluding hydrogens is 460 g/mol. The van der Waals surface area contributed by atoms with Crippen molar-refractivity contribution in [2.24, 2.45) is 5.92 Å². The molecule has 1 aromatic rings. The number of allylic oxidation sites excluding steroid dienone is 3. The first-order chi connectivity index (χ1) is 15.5. The first-order valence-electron chi connectivity index (χ1n) is 12.2. The third-order valence-electron chi connectivity index (χ3n) is 5.69. The largest absolute Gasteiger partial charge is 0.342 e. The highest BCUT2D eigenvalue weighted by molar-refractivity contribution is 9.10. The highest BCUT2D eigenvalue weighted by atomic mass is 79.9. The molecule has 0 aliphatic carbocycles. The van der Waals surface area contributed by atoms with Crippen LogP contribution in [-0.2, 0) is 11.2 Å². The van der Waals surface area contributed by atoms with Crippen molar-refractivity contribution < 1.29 is 4.79 Å². The van der Waals surface area contributed by atoms with Crippen LogP contribution >= 0.6 is 15.9 Å². The zero-order chi connectivity index (χ0) is 23.8. The second kappa shape index (κ2) is 16.9. The average molecular weight is 504 g/mol. The summed E-state index contributed by atoms with van der Waals surface area (Å²) in [4.78, 5) is 17.2. The Morgan fingerprint density at radius 1 is 1.16 bits per heavy atom. The van der Waals surface area contributed by atoms with E-state index in [1.807, 2.05) is 19.1 Å². The van der Waals surface area contributed by atoms with Gasteiger partial charge in [-0.2, -0.15) is 0 Å². The van der Waals surface area contributed by atoms with Crippen molar-refractivity contribution in [2.45, 2.75) is 59.8 Å². The van der Waals surface area contributed by atoms with E-state index in [1.165, 1.54) is 15.6 Å². The van der Waals surface area contributed by atoms with Gasteiger partial charge in [-0.25, -0.2) is 0 Å². The number of likely N-dealkylation sites (tertiary alicyclic amines) is 1. The third kappa shape index (κ3) is 10.3. The van der Waals surface area contributed by atoms with Crippen LogP contribution < -0.4 is 0 Å². The lowest BCUT2D eigenvalue weighted by atomic mass is 9.94. The molecule has 0 N–H and O–H groups in total. The molecule has 0 radical (unpaired) electrons. The number of carbonyl (C=O) groups is 1. The van der Waals surface area contributed by atoms with Crippen LogP contribution in [0.5, 0.6) is 0 Å². The molecule has 1 amide bonds. The molecule has 1 aromatic carbocycles. The Balaban J connectivity index is 0.000000471. The van der Waals surface area contributed by atoms with Crippen molar-refractivity contribution in [2.75, 3.05) is 32.7 Å². The molecule has 0 saturated carbocycles. The minimum absolute atomic E-state index is 0.220. The number of halogens is 1. The molecule has 0 unspecified atom stereocenters. The maximum atomic E-state index is 12.7. The van der Waals surface area contributed by atoms with Crippen LogP contribution in [0, 0.1) is 5.92 Å². The zero-order valence-corrected chi connectivity index (χ0v) is 22.2. The van der Waals surface area contributed by atoms with Crippen molar-refractivity contribution in [1.29, 1.82) is 0 Å². The molecule has 1 heterocycles. The highest BCUT2D eigenvalue weighted by Gasteiger charge is 2.27. The molecule has 1 saturated heterocycles. The Morgan fingerprint density at radius 2 is 1.78 bits per heavy atom. The molecule has 0 atom stereocenters. The number of piperidine rings is 1. The molecule has 178 valence electrons. The van der Waals surface area contributed by atoms with Gasteiger partial charge >= 0.3 is 0 Å². The summed E-state index contributed by atoms with van der Waals surface area (Å²) in [6.45, 7) is 17.0. The quantitative estimate of drug-likeness (QED) is 0.320. The minimum atomic E-state index is 0.220. The van der Waals surface area contributed by atoms with Crippen molar-refractivity contribution in [1.82, 2.24) is 9.80 Å². The lowest BCUT2D eigenvalue weighted by molar-refractivity contribution is -0.137.